The molecule has 120 valence electrons. The third-order valence-electron chi connectivity index (χ3n) is 4.47. The molecule has 2 heterocycles. The quantitative estimate of drug-likeness (QED) is 0.589. The van der Waals surface area contributed by atoms with Crippen LogP contribution in [0.4, 0.5) is 5.82 Å². The zero-order valence-corrected chi connectivity index (χ0v) is 15.4. The van der Waals surface area contributed by atoms with Crippen LogP contribution in [0, 0.1) is 5.92 Å². The van der Waals surface area contributed by atoms with E-state index in [2.05, 4.69) is 30.8 Å². The summed E-state index contributed by atoms with van der Waals surface area (Å²) in [5, 5.41) is 0.793. The summed E-state index contributed by atoms with van der Waals surface area (Å²) in [5.41, 5.74) is 0. The van der Waals surface area contributed by atoms with Crippen molar-refractivity contribution in [3.8, 4) is 0 Å². The molecule has 0 bridgehead atoms. The van der Waals surface area contributed by atoms with Gasteiger partial charge in [0.1, 0.15) is 5.82 Å². The van der Waals surface area contributed by atoms with Gasteiger partial charge in [0.2, 0.25) is 5.91 Å². The first-order valence-corrected chi connectivity index (χ1v) is 9.70. The summed E-state index contributed by atoms with van der Waals surface area (Å²) in [7, 11) is 1.97. The van der Waals surface area contributed by atoms with Crippen LogP contribution in [0.1, 0.15) is 25.7 Å². The summed E-state index contributed by atoms with van der Waals surface area (Å²) in [6, 6.07) is 0.366. The molecule has 22 heavy (non-hydrogen) atoms. The fraction of sp³-hybridized carbons (Fsp3) is 0.667. The highest BCUT2D eigenvalue weighted by Crippen LogP contribution is 2.33. The Bertz CT molecular complexity index is 558. The van der Waals surface area contributed by atoms with E-state index in [1.807, 2.05) is 24.4 Å². The first-order chi connectivity index (χ1) is 10.6. The summed E-state index contributed by atoms with van der Waals surface area (Å²) in [4.78, 5) is 25.3. The predicted molar refractivity (Wildman–Crippen MR) is 92.2 cm³/mol. The smallest absolute Gasteiger partial charge is 0.225 e. The lowest BCUT2D eigenvalue weighted by Crippen LogP contribution is -2.46. The topological polar surface area (TPSA) is 49.3 Å². The van der Waals surface area contributed by atoms with Gasteiger partial charge < -0.3 is 9.80 Å². The van der Waals surface area contributed by atoms with Crippen LogP contribution < -0.4 is 4.90 Å². The molecule has 1 amide bonds. The number of hydrogen-bond acceptors (Lipinski definition) is 5. The summed E-state index contributed by atoms with van der Waals surface area (Å²) in [6.07, 6.45) is 7.96. The maximum absolute atomic E-state index is 12.2. The normalized spacial score (nSPS) is 19.3. The molecule has 0 unspecified atom stereocenters. The summed E-state index contributed by atoms with van der Waals surface area (Å²) in [5.74, 6) is 1.61. The van der Waals surface area contributed by atoms with Crippen LogP contribution >= 0.6 is 27.7 Å². The Hall–Kier alpha value is -0.820. The van der Waals surface area contributed by atoms with Crippen molar-refractivity contribution in [1.29, 1.82) is 0 Å². The van der Waals surface area contributed by atoms with Crippen molar-refractivity contribution < 1.29 is 4.79 Å². The molecule has 1 aliphatic heterocycles. The predicted octanol–water partition coefficient (Wildman–Crippen LogP) is 2.80. The SMILES string of the molecule is CSc1ncc(Br)c(N2CCC(N(C)C(=O)C3CC3)CC2)n1. The monoisotopic (exact) mass is 384 g/mol. The van der Waals surface area contributed by atoms with Crippen LogP contribution in [0.3, 0.4) is 0 Å². The van der Waals surface area contributed by atoms with E-state index in [4.69, 9.17) is 0 Å². The first kappa shape index (κ1) is 16.1. The van der Waals surface area contributed by atoms with E-state index in [1.165, 1.54) is 0 Å². The van der Waals surface area contributed by atoms with E-state index < -0.39 is 0 Å². The van der Waals surface area contributed by atoms with E-state index in [9.17, 15) is 4.79 Å². The third kappa shape index (κ3) is 3.40. The average Bonchev–Trinajstić information content (AvgIpc) is 3.39. The molecule has 2 aliphatic rings. The Morgan fingerprint density at radius 3 is 2.64 bits per heavy atom. The Morgan fingerprint density at radius 1 is 1.36 bits per heavy atom. The zero-order chi connectivity index (χ0) is 15.7. The number of carbonyl (C=O) groups is 1. The molecule has 1 aromatic heterocycles. The molecule has 1 aromatic rings. The number of piperidine rings is 1. The molecule has 7 heteroatoms. The third-order valence-corrected chi connectivity index (χ3v) is 5.59. The number of nitrogens with zero attached hydrogens (tertiary/aromatic N) is 4. The van der Waals surface area contributed by atoms with Crippen molar-refractivity contribution >= 4 is 39.4 Å². The molecule has 0 radical (unpaired) electrons. The van der Waals surface area contributed by atoms with E-state index >= 15 is 0 Å². The molecule has 0 atom stereocenters. The van der Waals surface area contributed by atoms with Crippen LogP contribution in [-0.2, 0) is 4.79 Å². The van der Waals surface area contributed by atoms with Gasteiger partial charge in [-0.05, 0) is 47.9 Å². The van der Waals surface area contributed by atoms with Crippen LogP contribution in [0.15, 0.2) is 15.8 Å². The number of aromatic nitrogens is 2. The minimum Gasteiger partial charge on any atom is -0.355 e. The van der Waals surface area contributed by atoms with E-state index in [0.717, 1.165) is 54.2 Å². The highest BCUT2D eigenvalue weighted by molar-refractivity contribution is 9.10. The molecule has 3 rings (SSSR count). The Morgan fingerprint density at radius 2 is 2.05 bits per heavy atom. The van der Waals surface area contributed by atoms with Gasteiger partial charge in [0, 0.05) is 38.3 Å². The largest absolute Gasteiger partial charge is 0.355 e. The first-order valence-electron chi connectivity index (χ1n) is 7.68. The number of hydrogen-bond donors (Lipinski definition) is 0. The van der Waals surface area contributed by atoms with Crippen molar-refractivity contribution in [2.45, 2.75) is 36.9 Å². The molecule has 1 saturated heterocycles. The minimum atomic E-state index is 0.308. The molecule has 0 aromatic carbocycles. The fourth-order valence-electron chi connectivity index (χ4n) is 2.93. The van der Waals surface area contributed by atoms with Crippen molar-refractivity contribution in [1.82, 2.24) is 14.9 Å². The Kier molecular flexibility index (Phi) is 4.92. The van der Waals surface area contributed by atoms with Crippen LogP contribution in [-0.4, -0.2) is 53.2 Å². The van der Waals surface area contributed by atoms with Gasteiger partial charge in [-0.15, -0.1) is 0 Å². The lowest BCUT2D eigenvalue weighted by molar-refractivity contribution is -0.133. The van der Waals surface area contributed by atoms with Gasteiger partial charge in [0.25, 0.3) is 0 Å². The number of anilines is 1. The average molecular weight is 385 g/mol. The molecule has 5 nitrogen and oxygen atoms in total. The van der Waals surface area contributed by atoms with Gasteiger partial charge in [-0.2, -0.15) is 0 Å². The van der Waals surface area contributed by atoms with Crippen molar-refractivity contribution in [3.05, 3.63) is 10.7 Å². The van der Waals surface area contributed by atoms with Crippen molar-refractivity contribution in [2.24, 2.45) is 5.92 Å². The maximum Gasteiger partial charge on any atom is 0.225 e. The number of amides is 1. The van der Waals surface area contributed by atoms with Crippen LogP contribution in [0.5, 0.6) is 0 Å². The summed E-state index contributed by atoms with van der Waals surface area (Å²) < 4.78 is 0.936. The highest BCUT2D eigenvalue weighted by atomic mass is 79.9. The van der Waals surface area contributed by atoms with Gasteiger partial charge in [-0.3, -0.25) is 4.79 Å². The minimum absolute atomic E-state index is 0.308. The van der Waals surface area contributed by atoms with Gasteiger partial charge in [0.15, 0.2) is 5.16 Å². The second-order valence-corrected chi connectivity index (χ2v) is 7.60. The highest BCUT2D eigenvalue weighted by Gasteiger charge is 2.35. The van der Waals surface area contributed by atoms with E-state index in [0.29, 0.717) is 17.9 Å². The van der Waals surface area contributed by atoms with Gasteiger partial charge >= 0.3 is 0 Å². The van der Waals surface area contributed by atoms with Crippen molar-refractivity contribution in [3.63, 3.8) is 0 Å². The van der Waals surface area contributed by atoms with Crippen LogP contribution in [0.25, 0.3) is 0 Å². The molecular weight excluding hydrogens is 364 g/mol. The number of thioether (sulfide) groups is 1. The summed E-state index contributed by atoms with van der Waals surface area (Å²) in [6.45, 7) is 1.85. The molecule has 2 fully saturated rings. The second kappa shape index (κ2) is 6.74. The molecule has 0 spiro atoms. The van der Waals surface area contributed by atoms with Gasteiger partial charge in [-0.1, -0.05) is 11.8 Å². The maximum atomic E-state index is 12.2. The number of halogens is 1. The zero-order valence-electron chi connectivity index (χ0n) is 13.0. The van der Waals surface area contributed by atoms with E-state index in [1.54, 1.807) is 11.8 Å². The van der Waals surface area contributed by atoms with E-state index in [-0.39, 0.29) is 0 Å². The lowest BCUT2D eigenvalue weighted by atomic mass is 10.0. The van der Waals surface area contributed by atoms with Gasteiger partial charge in [0.05, 0.1) is 4.47 Å². The molecule has 0 N–H and O–H groups in total. The van der Waals surface area contributed by atoms with Crippen molar-refractivity contribution in [2.75, 3.05) is 31.3 Å². The lowest BCUT2D eigenvalue weighted by Gasteiger charge is -2.37. The summed E-state index contributed by atoms with van der Waals surface area (Å²) >= 11 is 5.10. The molecule has 1 aliphatic carbocycles. The Labute approximate surface area is 144 Å². The standard InChI is InChI=1S/C15H21BrN4OS/c1-19(14(21)10-3-4-10)11-5-7-20(8-6-11)13-12(16)9-17-15(18-13)22-2/h9-11H,3-8H2,1-2H3. The Balaban J connectivity index is 1.62. The van der Waals surface area contributed by atoms with Crippen LogP contribution in [0.2, 0.25) is 0 Å². The fourth-order valence-corrected chi connectivity index (χ4v) is 3.70. The van der Waals surface area contributed by atoms with Gasteiger partial charge in [-0.25, -0.2) is 9.97 Å². The molecule has 1 saturated carbocycles. The number of rotatable bonds is 4. The molecular formula is C15H21BrN4OS. The second-order valence-electron chi connectivity index (χ2n) is 5.97. The number of carbonyl (C=O) groups excluding carboxylic acids is 1.